The Kier molecular flexibility index (Phi) is 6.78. The summed E-state index contributed by atoms with van der Waals surface area (Å²) in [6.07, 6.45) is 0.740. The Balaban J connectivity index is 1.83. The largest absolute Gasteiger partial charge is 0.379 e. The molecule has 2 heterocycles. The molecule has 30 heavy (non-hydrogen) atoms. The van der Waals surface area contributed by atoms with Crippen molar-refractivity contribution < 1.29 is 14.3 Å². The lowest BCUT2D eigenvalue weighted by atomic mass is 9.87. The second-order valence-electron chi connectivity index (χ2n) is 8.71. The van der Waals surface area contributed by atoms with Gasteiger partial charge in [0, 0.05) is 23.7 Å². The van der Waals surface area contributed by atoms with Crippen molar-refractivity contribution in [1.29, 1.82) is 0 Å². The maximum absolute atomic E-state index is 13.1. The summed E-state index contributed by atoms with van der Waals surface area (Å²) in [5, 5.41) is 5.13. The van der Waals surface area contributed by atoms with Crippen molar-refractivity contribution in [2.24, 2.45) is 0 Å². The first-order valence-corrected chi connectivity index (χ1v) is 11.2. The number of rotatable bonds is 8. The molecule has 1 aliphatic rings. The van der Waals surface area contributed by atoms with Crippen LogP contribution in [0, 0.1) is 0 Å². The van der Waals surface area contributed by atoms with Crippen LogP contribution in [-0.4, -0.2) is 36.0 Å². The van der Waals surface area contributed by atoms with E-state index in [-0.39, 0.29) is 23.3 Å². The van der Waals surface area contributed by atoms with Gasteiger partial charge in [-0.3, -0.25) is 14.5 Å². The number of carbonyl (C=O) groups excluding carboxylic acids is 2. The van der Waals surface area contributed by atoms with Gasteiger partial charge in [0.05, 0.1) is 11.7 Å². The zero-order valence-corrected chi connectivity index (χ0v) is 19.1. The van der Waals surface area contributed by atoms with Crippen LogP contribution in [0.3, 0.4) is 0 Å². The molecular formula is C24H30N2O3S. The minimum absolute atomic E-state index is 0.0495. The van der Waals surface area contributed by atoms with Crippen LogP contribution in [0.25, 0.3) is 5.57 Å². The van der Waals surface area contributed by atoms with Gasteiger partial charge in [0.1, 0.15) is 5.70 Å². The number of ether oxygens (including phenoxy) is 1. The predicted octanol–water partition coefficient (Wildman–Crippen LogP) is 5.05. The van der Waals surface area contributed by atoms with E-state index < -0.39 is 0 Å². The average molecular weight is 427 g/mol. The SMILES string of the molecule is CC(C)OCCCN1C(=O)C(Nc2ccc(C(C)(C)C)cc2)=C(c2cccs2)C1=O. The van der Waals surface area contributed by atoms with Crippen LogP contribution >= 0.6 is 11.3 Å². The smallest absolute Gasteiger partial charge is 0.278 e. The van der Waals surface area contributed by atoms with E-state index in [9.17, 15) is 9.59 Å². The lowest BCUT2D eigenvalue weighted by Gasteiger charge is -2.19. The van der Waals surface area contributed by atoms with E-state index in [0.29, 0.717) is 30.8 Å². The van der Waals surface area contributed by atoms with Gasteiger partial charge < -0.3 is 10.1 Å². The van der Waals surface area contributed by atoms with Crippen molar-refractivity contribution in [2.75, 3.05) is 18.5 Å². The lowest BCUT2D eigenvalue weighted by molar-refractivity contribution is -0.137. The van der Waals surface area contributed by atoms with E-state index in [1.807, 2.05) is 43.5 Å². The Labute approximate surface area is 182 Å². The van der Waals surface area contributed by atoms with Crippen molar-refractivity contribution >= 4 is 34.4 Å². The van der Waals surface area contributed by atoms with Crippen molar-refractivity contribution in [3.05, 3.63) is 57.9 Å². The molecular weight excluding hydrogens is 396 g/mol. The van der Waals surface area contributed by atoms with E-state index >= 15 is 0 Å². The Hall–Kier alpha value is -2.44. The van der Waals surface area contributed by atoms with Gasteiger partial charge in [-0.25, -0.2) is 0 Å². The van der Waals surface area contributed by atoms with Gasteiger partial charge in [0.2, 0.25) is 0 Å². The molecule has 1 aromatic carbocycles. The van der Waals surface area contributed by atoms with Crippen molar-refractivity contribution in [3.8, 4) is 0 Å². The fourth-order valence-electron chi connectivity index (χ4n) is 3.28. The maximum atomic E-state index is 13.1. The molecule has 1 N–H and O–H groups in total. The number of thiophene rings is 1. The number of anilines is 1. The number of benzene rings is 1. The Bertz CT molecular complexity index is 922. The van der Waals surface area contributed by atoms with Crippen molar-refractivity contribution in [3.63, 3.8) is 0 Å². The molecule has 2 amide bonds. The van der Waals surface area contributed by atoms with Gasteiger partial charge in [-0.05, 0) is 54.8 Å². The fraction of sp³-hybridized carbons (Fsp3) is 0.417. The Morgan fingerprint density at radius 3 is 2.33 bits per heavy atom. The summed E-state index contributed by atoms with van der Waals surface area (Å²) in [5.74, 6) is -0.534. The van der Waals surface area contributed by atoms with Crippen LogP contribution < -0.4 is 5.32 Å². The van der Waals surface area contributed by atoms with Gasteiger partial charge >= 0.3 is 0 Å². The molecule has 0 unspecified atom stereocenters. The standard InChI is InChI=1S/C24H30N2O3S/c1-16(2)29-14-7-13-26-22(27)20(19-8-6-15-30-19)21(23(26)28)25-18-11-9-17(10-12-18)24(3,4)5/h6,8-12,15-16,25H,7,13-14H2,1-5H3. The molecule has 0 spiro atoms. The minimum Gasteiger partial charge on any atom is -0.379 e. The van der Waals surface area contributed by atoms with Gasteiger partial charge in [-0.15, -0.1) is 11.3 Å². The predicted molar refractivity (Wildman–Crippen MR) is 122 cm³/mol. The van der Waals surface area contributed by atoms with Crippen LogP contribution in [0.15, 0.2) is 47.5 Å². The van der Waals surface area contributed by atoms with Gasteiger partial charge in [-0.1, -0.05) is 39.0 Å². The number of carbonyl (C=O) groups is 2. The van der Waals surface area contributed by atoms with Gasteiger partial charge in [0.25, 0.3) is 11.8 Å². The van der Waals surface area contributed by atoms with Gasteiger partial charge in [-0.2, -0.15) is 0 Å². The molecule has 0 saturated heterocycles. The minimum atomic E-state index is -0.284. The lowest BCUT2D eigenvalue weighted by Crippen LogP contribution is -2.34. The van der Waals surface area contributed by atoms with Crippen LogP contribution in [0.4, 0.5) is 5.69 Å². The third kappa shape index (κ3) is 4.99. The van der Waals surface area contributed by atoms with E-state index in [2.05, 4.69) is 38.2 Å². The molecule has 5 nitrogen and oxygen atoms in total. The van der Waals surface area contributed by atoms with E-state index in [1.54, 1.807) is 0 Å². The second kappa shape index (κ2) is 9.14. The van der Waals surface area contributed by atoms with Gasteiger partial charge in [0.15, 0.2) is 0 Å². The van der Waals surface area contributed by atoms with Crippen LogP contribution in [0.5, 0.6) is 0 Å². The molecule has 3 rings (SSSR count). The quantitative estimate of drug-likeness (QED) is 0.474. The first-order chi connectivity index (χ1) is 14.2. The summed E-state index contributed by atoms with van der Waals surface area (Å²) >= 11 is 1.46. The van der Waals surface area contributed by atoms with E-state index in [4.69, 9.17) is 4.74 Å². The van der Waals surface area contributed by atoms with E-state index in [1.165, 1.54) is 21.8 Å². The highest BCUT2D eigenvalue weighted by atomic mass is 32.1. The van der Waals surface area contributed by atoms with Crippen LogP contribution in [0.2, 0.25) is 0 Å². The highest BCUT2D eigenvalue weighted by molar-refractivity contribution is 7.11. The zero-order chi connectivity index (χ0) is 21.9. The number of hydrogen-bond donors (Lipinski definition) is 1. The number of nitrogens with one attached hydrogen (secondary N) is 1. The summed E-state index contributed by atoms with van der Waals surface area (Å²) in [6.45, 7) is 11.3. The fourth-order valence-corrected chi connectivity index (χ4v) is 4.05. The highest BCUT2D eigenvalue weighted by Gasteiger charge is 2.39. The third-order valence-electron chi connectivity index (χ3n) is 4.93. The summed E-state index contributed by atoms with van der Waals surface area (Å²) in [5.41, 5.74) is 2.84. The molecule has 160 valence electrons. The summed E-state index contributed by atoms with van der Waals surface area (Å²) in [6, 6.07) is 11.8. The topological polar surface area (TPSA) is 58.6 Å². The summed E-state index contributed by atoms with van der Waals surface area (Å²) in [7, 11) is 0. The highest BCUT2D eigenvalue weighted by Crippen LogP contribution is 2.33. The average Bonchev–Trinajstić information content (AvgIpc) is 3.27. The second-order valence-corrected chi connectivity index (χ2v) is 9.66. The molecule has 6 heteroatoms. The van der Waals surface area contributed by atoms with Crippen molar-refractivity contribution in [2.45, 2.75) is 52.6 Å². The molecule has 0 saturated carbocycles. The molecule has 2 aromatic rings. The Morgan fingerprint density at radius 1 is 1.07 bits per heavy atom. The normalized spacial score (nSPS) is 14.9. The summed E-state index contributed by atoms with van der Waals surface area (Å²) in [4.78, 5) is 28.3. The molecule has 0 aliphatic carbocycles. The Morgan fingerprint density at radius 2 is 1.77 bits per heavy atom. The molecule has 1 aliphatic heterocycles. The number of imide groups is 1. The summed E-state index contributed by atoms with van der Waals surface area (Å²) < 4.78 is 5.56. The monoisotopic (exact) mass is 426 g/mol. The zero-order valence-electron chi connectivity index (χ0n) is 18.3. The number of nitrogens with zero attached hydrogens (tertiary/aromatic N) is 1. The van der Waals surface area contributed by atoms with Crippen LogP contribution in [0.1, 0.15) is 51.5 Å². The van der Waals surface area contributed by atoms with E-state index in [0.717, 1.165) is 10.6 Å². The molecule has 0 fully saturated rings. The molecule has 0 atom stereocenters. The first-order valence-electron chi connectivity index (χ1n) is 10.3. The number of hydrogen-bond acceptors (Lipinski definition) is 5. The molecule has 0 bridgehead atoms. The molecule has 0 radical (unpaired) electrons. The first kappa shape index (κ1) is 22.2. The van der Waals surface area contributed by atoms with Crippen LogP contribution in [-0.2, 0) is 19.7 Å². The molecule has 1 aromatic heterocycles. The number of amides is 2. The maximum Gasteiger partial charge on any atom is 0.278 e. The third-order valence-corrected chi connectivity index (χ3v) is 5.82. The van der Waals surface area contributed by atoms with Crippen molar-refractivity contribution in [1.82, 2.24) is 4.90 Å².